The Labute approximate surface area is 142 Å². The van der Waals surface area contributed by atoms with Crippen molar-refractivity contribution < 1.29 is 4.74 Å². The van der Waals surface area contributed by atoms with E-state index in [2.05, 4.69) is 30.3 Å². The molecular formula is C19H24N4O. The van der Waals surface area contributed by atoms with Crippen molar-refractivity contribution in [2.75, 3.05) is 7.11 Å². The summed E-state index contributed by atoms with van der Waals surface area (Å²) in [5.74, 6) is 0.830. The molecule has 0 aliphatic rings. The zero-order chi connectivity index (χ0) is 17.3. The number of nitrogens with one attached hydrogen (secondary N) is 1. The van der Waals surface area contributed by atoms with Gasteiger partial charge in [0.15, 0.2) is 0 Å². The molecule has 0 spiro atoms. The number of ether oxygens (including phenoxy) is 1. The molecule has 0 unspecified atom stereocenters. The summed E-state index contributed by atoms with van der Waals surface area (Å²) < 4.78 is 9.30. The van der Waals surface area contributed by atoms with Gasteiger partial charge >= 0.3 is 0 Å². The van der Waals surface area contributed by atoms with E-state index in [-0.39, 0.29) is 0 Å². The molecule has 0 radical (unpaired) electrons. The number of benzene rings is 1. The molecule has 0 aliphatic heterocycles. The van der Waals surface area contributed by atoms with Crippen LogP contribution in [0.3, 0.4) is 0 Å². The fourth-order valence-corrected chi connectivity index (χ4v) is 3.06. The predicted molar refractivity (Wildman–Crippen MR) is 95.8 cm³/mol. The van der Waals surface area contributed by atoms with Crippen molar-refractivity contribution >= 4 is 11.0 Å². The molecule has 2 heterocycles. The van der Waals surface area contributed by atoms with Crippen LogP contribution in [0.2, 0.25) is 0 Å². The van der Waals surface area contributed by atoms with Crippen LogP contribution in [-0.4, -0.2) is 21.2 Å². The molecule has 0 saturated heterocycles. The third-order valence-corrected chi connectivity index (χ3v) is 4.62. The van der Waals surface area contributed by atoms with E-state index in [4.69, 9.17) is 10.1 Å². The molecule has 24 heavy (non-hydrogen) atoms. The Kier molecular flexibility index (Phi) is 4.42. The molecule has 3 rings (SSSR count). The highest BCUT2D eigenvalue weighted by Crippen LogP contribution is 2.26. The quantitative estimate of drug-likeness (QED) is 0.777. The van der Waals surface area contributed by atoms with Crippen LogP contribution in [0.4, 0.5) is 0 Å². The molecule has 2 aromatic heterocycles. The smallest absolute Gasteiger partial charge is 0.150 e. The molecule has 0 saturated carbocycles. The minimum atomic E-state index is 0.543. The second kappa shape index (κ2) is 6.51. The Morgan fingerprint density at radius 2 is 1.88 bits per heavy atom. The molecule has 0 fully saturated rings. The highest BCUT2D eigenvalue weighted by Gasteiger charge is 2.16. The summed E-state index contributed by atoms with van der Waals surface area (Å²) in [5, 5.41) is 9.52. The van der Waals surface area contributed by atoms with Crippen LogP contribution >= 0.6 is 0 Å². The summed E-state index contributed by atoms with van der Waals surface area (Å²) in [4.78, 5) is 4.67. The van der Waals surface area contributed by atoms with Crippen LogP contribution in [0, 0.1) is 19.3 Å². The first-order chi connectivity index (χ1) is 11.6. The first-order valence-electron chi connectivity index (χ1n) is 8.34. The van der Waals surface area contributed by atoms with Crippen LogP contribution < -0.4 is 10.2 Å². The fourth-order valence-electron chi connectivity index (χ4n) is 3.06. The summed E-state index contributed by atoms with van der Waals surface area (Å²) in [6.45, 7) is 7.15. The zero-order valence-corrected chi connectivity index (χ0v) is 14.8. The lowest BCUT2D eigenvalue weighted by atomic mass is 10.2. The van der Waals surface area contributed by atoms with Crippen molar-refractivity contribution in [3.63, 3.8) is 0 Å². The van der Waals surface area contributed by atoms with Crippen molar-refractivity contribution in [1.82, 2.24) is 14.1 Å². The van der Waals surface area contributed by atoms with Gasteiger partial charge in [-0.15, -0.1) is 0 Å². The van der Waals surface area contributed by atoms with E-state index in [0.717, 1.165) is 53.1 Å². The van der Waals surface area contributed by atoms with Gasteiger partial charge in [-0.3, -0.25) is 9.98 Å². The van der Waals surface area contributed by atoms with Gasteiger partial charge in [-0.2, -0.15) is 0 Å². The first kappa shape index (κ1) is 16.3. The van der Waals surface area contributed by atoms with Gasteiger partial charge in [0.05, 0.1) is 18.8 Å². The highest BCUT2D eigenvalue weighted by molar-refractivity contribution is 5.82. The molecule has 3 aromatic rings. The van der Waals surface area contributed by atoms with Crippen molar-refractivity contribution in [2.24, 2.45) is 0 Å². The number of hydrogen-bond donors (Lipinski definition) is 1. The summed E-state index contributed by atoms with van der Waals surface area (Å²) in [7, 11) is 1.67. The SMILES string of the molecule is CCCCn1cnc2c(c(C)c(C)n2-c2ccc(OC)cc2)c1=N. The largest absolute Gasteiger partial charge is 0.497 e. The Bertz CT molecular complexity index is 919. The number of unbranched alkanes of at least 4 members (excludes halogenated alkanes) is 1. The van der Waals surface area contributed by atoms with Gasteiger partial charge in [-0.25, -0.2) is 4.98 Å². The third-order valence-electron chi connectivity index (χ3n) is 4.62. The van der Waals surface area contributed by atoms with Crippen molar-refractivity contribution in [3.05, 3.63) is 47.3 Å². The number of rotatable bonds is 5. The summed E-state index contributed by atoms with van der Waals surface area (Å²) in [5.41, 5.74) is 4.65. The molecule has 5 heteroatoms. The fraction of sp³-hybridized carbons (Fsp3) is 0.368. The monoisotopic (exact) mass is 324 g/mol. The van der Waals surface area contributed by atoms with E-state index in [1.54, 1.807) is 13.4 Å². The summed E-state index contributed by atoms with van der Waals surface area (Å²) in [6, 6.07) is 7.94. The van der Waals surface area contributed by atoms with Crippen LogP contribution in [-0.2, 0) is 6.54 Å². The third kappa shape index (κ3) is 2.60. The number of hydrogen-bond acceptors (Lipinski definition) is 3. The van der Waals surface area contributed by atoms with Gasteiger partial charge in [0.25, 0.3) is 0 Å². The van der Waals surface area contributed by atoms with Crippen LogP contribution in [0.25, 0.3) is 16.7 Å². The molecule has 0 atom stereocenters. The molecule has 5 nitrogen and oxygen atoms in total. The summed E-state index contributed by atoms with van der Waals surface area (Å²) >= 11 is 0. The summed E-state index contributed by atoms with van der Waals surface area (Å²) in [6.07, 6.45) is 3.95. The Morgan fingerprint density at radius 1 is 1.17 bits per heavy atom. The molecule has 126 valence electrons. The van der Waals surface area contributed by atoms with Gasteiger partial charge < -0.3 is 9.30 Å². The minimum absolute atomic E-state index is 0.543. The number of fused-ring (bicyclic) bond motifs is 1. The standard InChI is InChI=1S/C19H24N4O/c1-5-6-11-22-12-21-19-17(18(22)20)13(2)14(3)23(19)15-7-9-16(24-4)10-8-15/h7-10,12,20H,5-6,11H2,1-4H3. The van der Waals surface area contributed by atoms with Crippen LogP contribution in [0.1, 0.15) is 31.0 Å². The molecule has 1 aromatic carbocycles. The van der Waals surface area contributed by atoms with Gasteiger partial charge in [0.2, 0.25) is 0 Å². The Morgan fingerprint density at radius 3 is 2.50 bits per heavy atom. The molecule has 0 amide bonds. The van der Waals surface area contributed by atoms with Gasteiger partial charge in [-0.1, -0.05) is 13.3 Å². The van der Waals surface area contributed by atoms with Crippen molar-refractivity contribution in [2.45, 2.75) is 40.2 Å². The van der Waals surface area contributed by atoms with Crippen molar-refractivity contribution in [1.29, 1.82) is 5.41 Å². The van der Waals surface area contributed by atoms with E-state index in [0.29, 0.717) is 5.49 Å². The zero-order valence-electron chi connectivity index (χ0n) is 14.8. The molecular weight excluding hydrogens is 300 g/mol. The number of aryl methyl sites for hydroxylation is 2. The van der Waals surface area contributed by atoms with Gasteiger partial charge in [0.1, 0.15) is 16.9 Å². The molecule has 0 aliphatic carbocycles. The highest BCUT2D eigenvalue weighted by atomic mass is 16.5. The van der Waals surface area contributed by atoms with E-state index in [9.17, 15) is 0 Å². The van der Waals surface area contributed by atoms with Crippen molar-refractivity contribution in [3.8, 4) is 11.4 Å². The molecule has 1 N–H and O–H groups in total. The number of nitrogens with zero attached hydrogens (tertiary/aromatic N) is 3. The normalized spacial score (nSPS) is 11.2. The topological polar surface area (TPSA) is 55.8 Å². The average molecular weight is 324 g/mol. The first-order valence-corrected chi connectivity index (χ1v) is 8.34. The minimum Gasteiger partial charge on any atom is -0.497 e. The van der Waals surface area contributed by atoms with Gasteiger partial charge in [0, 0.05) is 17.9 Å². The maximum absolute atomic E-state index is 8.58. The van der Waals surface area contributed by atoms with Gasteiger partial charge in [-0.05, 0) is 50.1 Å². The average Bonchev–Trinajstić information content (AvgIpc) is 2.86. The van der Waals surface area contributed by atoms with Crippen LogP contribution in [0.5, 0.6) is 5.75 Å². The Balaban J connectivity index is 2.20. The van der Waals surface area contributed by atoms with E-state index >= 15 is 0 Å². The van der Waals surface area contributed by atoms with E-state index in [1.807, 2.05) is 28.8 Å². The Hall–Kier alpha value is -2.56. The predicted octanol–water partition coefficient (Wildman–Crippen LogP) is 3.73. The maximum Gasteiger partial charge on any atom is 0.150 e. The number of methoxy groups -OCH3 is 1. The van der Waals surface area contributed by atoms with E-state index in [1.165, 1.54) is 0 Å². The lowest BCUT2D eigenvalue weighted by molar-refractivity contribution is 0.415. The second-order valence-electron chi connectivity index (χ2n) is 6.08. The van der Waals surface area contributed by atoms with Crippen LogP contribution in [0.15, 0.2) is 30.6 Å². The lowest BCUT2D eigenvalue weighted by Gasteiger charge is -2.10. The second-order valence-corrected chi connectivity index (χ2v) is 6.08. The maximum atomic E-state index is 8.58. The van der Waals surface area contributed by atoms with E-state index < -0.39 is 0 Å². The number of aromatic nitrogens is 3. The lowest BCUT2D eigenvalue weighted by Crippen LogP contribution is -2.21. The molecule has 0 bridgehead atoms.